The average Bonchev–Trinajstić information content (AvgIpc) is 3.47. The maximum atomic E-state index is 14.7. The van der Waals surface area contributed by atoms with Crippen molar-refractivity contribution >= 4 is 11.8 Å². The molecule has 7 nitrogen and oxygen atoms in total. The molecule has 3 aromatic rings. The Kier molecular flexibility index (Phi) is 7.00. The maximum absolute atomic E-state index is 14.7. The minimum atomic E-state index is -1.31. The highest BCUT2D eigenvalue weighted by Crippen LogP contribution is 2.26. The van der Waals surface area contributed by atoms with Crippen molar-refractivity contribution in [2.75, 3.05) is 6.54 Å². The Morgan fingerprint density at radius 3 is 2.56 bits per heavy atom. The minimum Gasteiger partial charge on any atom is -0.342 e. The van der Waals surface area contributed by atoms with Gasteiger partial charge in [0.25, 0.3) is 0 Å². The average molecular weight is 468 g/mol. The summed E-state index contributed by atoms with van der Waals surface area (Å²) in [5.41, 5.74) is 1.50. The summed E-state index contributed by atoms with van der Waals surface area (Å²) in [5, 5.41) is 6.88. The van der Waals surface area contributed by atoms with Crippen molar-refractivity contribution < 1.29 is 18.4 Å². The molecule has 1 N–H and O–H groups in total. The molecule has 4 rings (SSSR count). The van der Waals surface area contributed by atoms with E-state index < -0.39 is 36.0 Å². The van der Waals surface area contributed by atoms with Crippen molar-refractivity contribution in [3.8, 4) is 0 Å². The Balaban J connectivity index is 1.59. The summed E-state index contributed by atoms with van der Waals surface area (Å²) in [4.78, 5) is 31.5. The van der Waals surface area contributed by atoms with Crippen molar-refractivity contribution in [1.82, 2.24) is 25.0 Å². The van der Waals surface area contributed by atoms with E-state index in [1.54, 1.807) is 54.9 Å². The number of pyridine rings is 1. The molecule has 1 aliphatic heterocycles. The number of nitrogens with zero attached hydrogens (tertiary/aromatic N) is 4. The van der Waals surface area contributed by atoms with Crippen LogP contribution in [0.25, 0.3) is 0 Å². The summed E-state index contributed by atoms with van der Waals surface area (Å²) in [5.74, 6) is -1.55. The standard InChI is InChI=1S/C25H27F2N5O2/c1-16(2)19-9-10-20(29-24(19)27)23(17-7-4-3-5-8-17)30-25(34)21-13-18(26)14-32(21)22(33)15-31-12-6-11-28-31/h3-12,16,18,21,23H,13-15H2,1-2H3,(H,30,34). The Morgan fingerprint density at radius 2 is 1.91 bits per heavy atom. The van der Waals surface area contributed by atoms with Gasteiger partial charge in [-0.3, -0.25) is 14.3 Å². The molecule has 0 spiro atoms. The van der Waals surface area contributed by atoms with Gasteiger partial charge in [-0.15, -0.1) is 0 Å². The third-order valence-corrected chi connectivity index (χ3v) is 5.97. The van der Waals surface area contributed by atoms with E-state index in [1.165, 1.54) is 9.58 Å². The lowest BCUT2D eigenvalue weighted by Crippen LogP contribution is -2.48. The predicted molar refractivity (Wildman–Crippen MR) is 122 cm³/mol. The van der Waals surface area contributed by atoms with Crippen LogP contribution in [-0.2, 0) is 16.1 Å². The Hall–Kier alpha value is -3.62. The summed E-state index contributed by atoms with van der Waals surface area (Å²) in [6, 6.07) is 12.3. The fourth-order valence-electron chi connectivity index (χ4n) is 4.19. The highest BCUT2D eigenvalue weighted by Gasteiger charge is 2.40. The molecule has 2 amide bonds. The zero-order chi connectivity index (χ0) is 24.2. The molecule has 1 saturated heterocycles. The van der Waals surface area contributed by atoms with Crippen molar-refractivity contribution in [2.24, 2.45) is 0 Å². The number of halogens is 2. The molecular formula is C25H27F2N5O2. The Morgan fingerprint density at radius 1 is 1.15 bits per heavy atom. The largest absolute Gasteiger partial charge is 0.342 e. The predicted octanol–water partition coefficient (Wildman–Crippen LogP) is 3.39. The summed E-state index contributed by atoms with van der Waals surface area (Å²) in [6.45, 7) is 3.50. The zero-order valence-electron chi connectivity index (χ0n) is 19.1. The lowest BCUT2D eigenvalue weighted by molar-refractivity contribution is -0.139. The van der Waals surface area contributed by atoms with Crippen LogP contribution in [-0.4, -0.2) is 50.2 Å². The molecule has 1 fully saturated rings. The first kappa shape index (κ1) is 23.5. The van der Waals surface area contributed by atoms with E-state index in [1.807, 2.05) is 19.9 Å². The van der Waals surface area contributed by atoms with Gasteiger partial charge in [-0.25, -0.2) is 9.37 Å². The molecule has 178 valence electrons. The van der Waals surface area contributed by atoms with Crippen LogP contribution in [0, 0.1) is 5.95 Å². The molecule has 2 aromatic heterocycles. The van der Waals surface area contributed by atoms with Gasteiger partial charge in [0.2, 0.25) is 17.8 Å². The van der Waals surface area contributed by atoms with Gasteiger partial charge in [-0.1, -0.05) is 50.2 Å². The number of nitrogens with one attached hydrogen (secondary N) is 1. The van der Waals surface area contributed by atoms with Gasteiger partial charge >= 0.3 is 0 Å². The number of aromatic nitrogens is 3. The molecule has 3 heterocycles. The summed E-state index contributed by atoms with van der Waals surface area (Å²) >= 11 is 0. The molecule has 3 unspecified atom stereocenters. The first-order chi connectivity index (χ1) is 16.3. The molecule has 0 radical (unpaired) electrons. The lowest BCUT2D eigenvalue weighted by Gasteiger charge is -2.26. The third-order valence-electron chi connectivity index (χ3n) is 5.97. The number of amides is 2. The molecule has 1 aliphatic rings. The van der Waals surface area contributed by atoms with Crippen LogP contribution in [0.1, 0.15) is 49.0 Å². The summed E-state index contributed by atoms with van der Waals surface area (Å²) < 4.78 is 30.4. The van der Waals surface area contributed by atoms with E-state index in [-0.39, 0.29) is 25.4 Å². The molecule has 0 saturated carbocycles. The molecule has 9 heteroatoms. The van der Waals surface area contributed by atoms with Gasteiger partial charge in [-0.2, -0.15) is 9.49 Å². The maximum Gasteiger partial charge on any atom is 0.245 e. The van der Waals surface area contributed by atoms with Crippen molar-refractivity contribution in [1.29, 1.82) is 0 Å². The number of carbonyl (C=O) groups excluding carboxylic acids is 2. The molecule has 34 heavy (non-hydrogen) atoms. The molecule has 0 bridgehead atoms. The second kappa shape index (κ2) is 10.1. The summed E-state index contributed by atoms with van der Waals surface area (Å²) in [6.07, 6.45) is 1.75. The van der Waals surface area contributed by atoms with Crippen molar-refractivity contribution in [3.63, 3.8) is 0 Å². The van der Waals surface area contributed by atoms with Crippen LogP contribution < -0.4 is 5.32 Å². The topological polar surface area (TPSA) is 80.1 Å². The first-order valence-electron chi connectivity index (χ1n) is 11.3. The van der Waals surface area contributed by atoms with Crippen molar-refractivity contribution in [2.45, 2.75) is 51.0 Å². The number of alkyl halides is 1. The monoisotopic (exact) mass is 467 g/mol. The Bertz CT molecular complexity index is 1140. The first-order valence-corrected chi connectivity index (χ1v) is 11.3. The summed E-state index contributed by atoms with van der Waals surface area (Å²) in [7, 11) is 0. The van der Waals surface area contributed by atoms with Gasteiger partial charge in [0.1, 0.15) is 18.8 Å². The van der Waals surface area contributed by atoms with E-state index in [0.717, 1.165) is 0 Å². The number of rotatable bonds is 7. The molecule has 0 aliphatic carbocycles. The minimum absolute atomic E-state index is 0.0411. The quantitative estimate of drug-likeness (QED) is 0.541. The van der Waals surface area contributed by atoms with Crippen LogP contribution >= 0.6 is 0 Å². The highest BCUT2D eigenvalue weighted by atomic mass is 19.1. The van der Waals surface area contributed by atoms with Gasteiger partial charge in [-0.05, 0) is 23.6 Å². The van der Waals surface area contributed by atoms with Crippen LogP contribution in [0.3, 0.4) is 0 Å². The SMILES string of the molecule is CC(C)c1ccc(C(NC(=O)C2CC(F)CN2C(=O)Cn2cccn2)c2ccccc2)nc1F. The van der Waals surface area contributed by atoms with Crippen LogP contribution in [0.5, 0.6) is 0 Å². The number of likely N-dealkylation sites (tertiary alicyclic amines) is 1. The zero-order valence-corrected chi connectivity index (χ0v) is 19.1. The van der Waals surface area contributed by atoms with Gasteiger partial charge in [0.15, 0.2) is 0 Å². The number of hydrogen-bond donors (Lipinski definition) is 1. The smallest absolute Gasteiger partial charge is 0.245 e. The van der Waals surface area contributed by atoms with E-state index in [0.29, 0.717) is 16.8 Å². The third kappa shape index (κ3) is 5.13. The molecular weight excluding hydrogens is 440 g/mol. The van der Waals surface area contributed by atoms with E-state index >= 15 is 0 Å². The number of benzene rings is 1. The lowest BCUT2D eigenvalue weighted by atomic mass is 9.99. The number of carbonyl (C=O) groups is 2. The van der Waals surface area contributed by atoms with Crippen LogP contribution in [0.4, 0.5) is 8.78 Å². The second-order valence-electron chi connectivity index (χ2n) is 8.72. The Labute approximate surface area is 196 Å². The highest BCUT2D eigenvalue weighted by molar-refractivity contribution is 5.88. The van der Waals surface area contributed by atoms with Gasteiger partial charge < -0.3 is 10.2 Å². The fourth-order valence-corrected chi connectivity index (χ4v) is 4.19. The van der Waals surface area contributed by atoms with Crippen LogP contribution in [0.2, 0.25) is 0 Å². The van der Waals surface area contributed by atoms with Crippen LogP contribution in [0.15, 0.2) is 60.9 Å². The van der Waals surface area contributed by atoms with E-state index in [4.69, 9.17) is 0 Å². The fraction of sp³-hybridized carbons (Fsp3) is 0.360. The number of hydrogen-bond acceptors (Lipinski definition) is 4. The van der Waals surface area contributed by atoms with Crippen molar-refractivity contribution in [3.05, 3.63) is 83.7 Å². The van der Waals surface area contributed by atoms with E-state index in [9.17, 15) is 18.4 Å². The van der Waals surface area contributed by atoms with Gasteiger partial charge in [0, 0.05) is 24.4 Å². The van der Waals surface area contributed by atoms with Gasteiger partial charge in [0.05, 0.1) is 18.3 Å². The normalized spacial score (nSPS) is 18.8. The molecule has 1 aromatic carbocycles. The second-order valence-corrected chi connectivity index (χ2v) is 8.72. The molecule has 3 atom stereocenters. The van der Waals surface area contributed by atoms with E-state index in [2.05, 4.69) is 15.4 Å².